The summed E-state index contributed by atoms with van der Waals surface area (Å²) in [5.41, 5.74) is 3.55. The first-order valence-corrected chi connectivity index (χ1v) is 18.1. The molecule has 1 saturated heterocycles. The molecule has 13 heteroatoms. The summed E-state index contributed by atoms with van der Waals surface area (Å²) in [4.78, 5) is 17.3. The number of esters is 1. The Labute approximate surface area is 312 Å². The number of carbonyl (C=O) groups excluding carboxylic acids is 1. The van der Waals surface area contributed by atoms with Gasteiger partial charge >= 0.3 is 13.1 Å². The summed E-state index contributed by atoms with van der Waals surface area (Å²) in [7, 11) is -0.530. The third kappa shape index (κ3) is 9.51. The van der Waals surface area contributed by atoms with Crippen LogP contribution in [0.5, 0.6) is 5.75 Å². The van der Waals surface area contributed by atoms with E-state index in [4.69, 9.17) is 40.2 Å². The van der Waals surface area contributed by atoms with Crippen molar-refractivity contribution in [3.8, 4) is 11.8 Å². The highest BCUT2D eigenvalue weighted by Crippen LogP contribution is 2.37. The Hall–Kier alpha value is -3.99. The van der Waals surface area contributed by atoms with Crippen LogP contribution in [0.3, 0.4) is 0 Å². The van der Waals surface area contributed by atoms with Crippen LogP contribution in [0.4, 0.5) is 0 Å². The fourth-order valence-electron chi connectivity index (χ4n) is 5.62. The molecule has 52 heavy (non-hydrogen) atoms. The van der Waals surface area contributed by atoms with Gasteiger partial charge in [0, 0.05) is 47.1 Å². The lowest BCUT2D eigenvalue weighted by atomic mass is 9.77. The SMILES string of the molecule is CC(C)COC[C@H](NCc1cc(Cl)c(Cn2ncc3c(B4OC(C)(C)C(C)(C)O4)cccc32)cc1OCc1cncc(C#N)c1)C(=O)OCC(C)C. The van der Waals surface area contributed by atoms with Gasteiger partial charge in [-0.25, -0.2) is 0 Å². The number of benzene rings is 2. The Morgan fingerprint density at radius 1 is 1.00 bits per heavy atom. The molecule has 0 radical (unpaired) electrons. The quantitative estimate of drug-likeness (QED) is 0.105. The van der Waals surface area contributed by atoms with E-state index in [1.807, 2.05) is 82.8 Å². The van der Waals surface area contributed by atoms with Gasteiger partial charge in [-0.15, -0.1) is 0 Å². The highest BCUT2D eigenvalue weighted by molar-refractivity contribution is 6.65. The van der Waals surface area contributed by atoms with Crippen LogP contribution in [0.2, 0.25) is 5.02 Å². The van der Waals surface area contributed by atoms with Crippen LogP contribution in [0.25, 0.3) is 10.9 Å². The van der Waals surface area contributed by atoms with E-state index in [2.05, 4.69) is 30.2 Å². The first-order valence-electron chi connectivity index (χ1n) is 17.7. The van der Waals surface area contributed by atoms with Crippen molar-refractivity contribution in [2.75, 3.05) is 19.8 Å². The maximum Gasteiger partial charge on any atom is 0.495 e. The fraction of sp³-hybridized carbons (Fsp3) is 0.487. The second kappa shape index (κ2) is 16.8. The van der Waals surface area contributed by atoms with Crippen LogP contribution in [-0.4, -0.2) is 64.9 Å². The minimum Gasteiger partial charge on any atom is -0.489 e. The molecule has 0 spiro atoms. The zero-order valence-electron chi connectivity index (χ0n) is 31.4. The highest BCUT2D eigenvalue weighted by atomic mass is 35.5. The van der Waals surface area contributed by atoms with E-state index in [1.165, 1.54) is 6.20 Å². The van der Waals surface area contributed by atoms with Crippen molar-refractivity contribution in [1.82, 2.24) is 20.1 Å². The number of halogens is 1. The van der Waals surface area contributed by atoms with Gasteiger partial charge in [-0.1, -0.05) is 51.4 Å². The molecule has 0 aliphatic carbocycles. The van der Waals surface area contributed by atoms with Crippen LogP contribution in [0.1, 0.15) is 77.6 Å². The number of nitrogens with one attached hydrogen (secondary N) is 1. The third-order valence-electron chi connectivity index (χ3n) is 9.21. The minimum absolute atomic E-state index is 0.157. The molecule has 1 fully saturated rings. The Morgan fingerprint density at radius 2 is 1.73 bits per heavy atom. The maximum atomic E-state index is 13.1. The molecule has 276 valence electrons. The van der Waals surface area contributed by atoms with Gasteiger partial charge in [0.2, 0.25) is 0 Å². The topological polar surface area (TPSA) is 130 Å². The van der Waals surface area contributed by atoms with Crippen LogP contribution >= 0.6 is 11.6 Å². The Bertz CT molecular complexity index is 1890. The van der Waals surface area contributed by atoms with Crippen molar-refractivity contribution in [2.45, 2.75) is 92.3 Å². The molecule has 0 unspecified atom stereocenters. The van der Waals surface area contributed by atoms with Gasteiger partial charge in [0.25, 0.3) is 0 Å². The third-order valence-corrected chi connectivity index (χ3v) is 9.57. The van der Waals surface area contributed by atoms with Gasteiger partial charge in [-0.2, -0.15) is 10.4 Å². The first kappa shape index (κ1) is 39.2. The number of carbonyl (C=O) groups is 1. The van der Waals surface area contributed by atoms with Crippen LogP contribution < -0.4 is 15.5 Å². The molecule has 0 saturated carbocycles. The lowest BCUT2D eigenvalue weighted by Crippen LogP contribution is -2.42. The summed E-state index contributed by atoms with van der Waals surface area (Å²) in [5, 5.41) is 18.9. The Kier molecular flexibility index (Phi) is 12.7. The Morgan fingerprint density at radius 3 is 2.42 bits per heavy atom. The minimum atomic E-state index is -0.700. The van der Waals surface area contributed by atoms with E-state index in [0.717, 1.165) is 33.1 Å². The van der Waals surface area contributed by atoms with Crippen molar-refractivity contribution >= 4 is 41.1 Å². The van der Waals surface area contributed by atoms with Crippen molar-refractivity contribution in [3.63, 3.8) is 0 Å². The average Bonchev–Trinajstić information content (AvgIpc) is 3.60. The predicted octanol–water partition coefficient (Wildman–Crippen LogP) is 6.21. The van der Waals surface area contributed by atoms with E-state index in [0.29, 0.717) is 42.0 Å². The summed E-state index contributed by atoms with van der Waals surface area (Å²) >= 11 is 6.98. The van der Waals surface area contributed by atoms with E-state index in [-0.39, 0.29) is 31.6 Å². The lowest BCUT2D eigenvalue weighted by molar-refractivity contribution is -0.149. The molecule has 3 heterocycles. The molecule has 1 aliphatic heterocycles. The summed E-state index contributed by atoms with van der Waals surface area (Å²) in [6, 6.07) is 12.9. The molecular weight excluding hydrogens is 681 g/mol. The zero-order chi connectivity index (χ0) is 37.6. The molecule has 1 aliphatic rings. The molecule has 2 aromatic carbocycles. The van der Waals surface area contributed by atoms with Gasteiger partial charge in [0.15, 0.2) is 0 Å². The number of rotatable bonds is 16. The average molecular weight is 730 g/mol. The van der Waals surface area contributed by atoms with Gasteiger partial charge in [0.05, 0.1) is 48.2 Å². The van der Waals surface area contributed by atoms with Gasteiger partial charge in [0.1, 0.15) is 24.5 Å². The van der Waals surface area contributed by atoms with Crippen molar-refractivity contribution < 1.29 is 28.3 Å². The van der Waals surface area contributed by atoms with Gasteiger partial charge in [-0.05, 0) is 74.8 Å². The smallest absolute Gasteiger partial charge is 0.489 e. The van der Waals surface area contributed by atoms with E-state index >= 15 is 0 Å². The zero-order valence-corrected chi connectivity index (χ0v) is 32.1. The number of pyridine rings is 1. The molecule has 11 nitrogen and oxygen atoms in total. The van der Waals surface area contributed by atoms with Crippen molar-refractivity contribution in [2.24, 2.45) is 11.8 Å². The molecule has 0 amide bonds. The number of nitriles is 1. The van der Waals surface area contributed by atoms with E-state index in [1.54, 1.807) is 12.3 Å². The van der Waals surface area contributed by atoms with Crippen LogP contribution in [0.15, 0.2) is 55.0 Å². The van der Waals surface area contributed by atoms with Crippen molar-refractivity contribution in [3.05, 3.63) is 82.3 Å². The Balaban J connectivity index is 1.42. The van der Waals surface area contributed by atoms with E-state index in [9.17, 15) is 10.1 Å². The molecular formula is C39H49BClN5O6. The number of ether oxygens (including phenoxy) is 3. The summed E-state index contributed by atoms with van der Waals surface area (Å²) in [6.45, 7) is 18.0. The fourth-order valence-corrected chi connectivity index (χ4v) is 5.87. The van der Waals surface area contributed by atoms with Crippen LogP contribution in [-0.2, 0) is 43.3 Å². The second-order valence-corrected chi connectivity index (χ2v) is 15.5. The number of aromatic nitrogens is 3. The van der Waals surface area contributed by atoms with Crippen molar-refractivity contribution in [1.29, 1.82) is 5.26 Å². The maximum absolute atomic E-state index is 13.1. The molecule has 5 rings (SSSR count). The molecule has 4 aromatic rings. The molecule has 2 aromatic heterocycles. The summed E-state index contributed by atoms with van der Waals surface area (Å²) < 4.78 is 32.4. The first-order chi connectivity index (χ1) is 24.7. The van der Waals surface area contributed by atoms with Gasteiger partial charge in [-0.3, -0.25) is 19.8 Å². The lowest BCUT2D eigenvalue weighted by Gasteiger charge is -2.32. The van der Waals surface area contributed by atoms with Crippen LogP contribution in [0, 0.1) is 23.2 Å². The molecule has 1 N–H and O–H groups in total. The monoisotopic (exact) mass is 729 g/mol. The highest BCUT2D eigenvalue weighted by Gasteiger charge is 2.52. The summed E-state index contributed by atoms with van der Waals surface area (Å²) in [5.74, 6) is 0.687. The number of nitrogens with zero attached hydrogens (tertiary/aromatic N) is 4. The molecule has 0 bridgehead atoms. The standard InChI is InChI=1S/C39H49BClN5O6/c1-25(2)21-48-24-34(37(47)50-22-26(3)4)44-18-29-13-33(41)30(14-36(29)49-23-28-12-27(15-42)16-43-17-28)20-46-35-11-9-10-32(31(35)19-45-46)40-51-38(5,6)39(7,8)52-40/h9-14,16-17,19,25-26,34,44H,18,20-24H2,1-8H3/t34-/m0/s1. The number of hydrogen-bond donors (Lipinski definition) is 1. The largest absolute Gasteiger partial charge is 0.495 e. The van der Waals surface area contributed by atoms with E-state index < -0.39 is 24.4 Å². The normalized spacial score (nSPS) is 15.7. The van der Waals surface area contributed by atoms with Gasteiger partial charge < -0.3 is 23.5 Å². The molecule has 1 atom stereocenters. The predicted molar refractivity (Wildman–Crippen MR) is 201 cm³/mol. The summed E-state index contributed by atoms with van der Waals surface area (Å²) in [6.07, 6.45) is 5.00. The number of fused-ring (bicyclic) bond motifs is 1. The number of hydrogen-bond acceptors (Lipinski definition) is 10. The second-order valence-electron chi connectivity index (χ2n) is 15.1.